The van der Waals surface area contributed by atoms with Crippen molar-refractivity contribution < 1.29 is 8.78 Å². The summed E-state index contributed by atoms with van der Waals surface area (Å²) in [5.41, 5.74) is 7.37. The van der Waals surface area contributed by atoms with Gasteiger partial charge in [-0.15, -0.1) is 11.3 Å². The molecular formula is C13H14F2N2S. The van der Waals surface area contributed by atoms with E-state index in [0.29, 0.717) is 12.0 Å². The average Bonchev–Trinajstić information content (AvgIpc) is 2.62. The molecule has 2 N–H and O–H groups in total. The number of hydrogen-bond acceptors (Lipinski definition) is 3. The van der Waals surface area contributed by atoms with Crippen molar-refractivity contribution in [3.63, 3.8) is 0 Å². The predicted molar refractivity (Wildman–Crippen MR) is 68.6 cm³/mol. The van der Waals surface area contributed by atoms with Crippen LogP contribution in [0, 0.1) is 25.5 Å². The monoisotopic (exact) mass is 268 g/mol. The largest absolute Gasteiger partial charge is 0.323 e. The standard InChI is InChI=1S/C13H14F2N2S/c1-7-13(18-8(2)17-7)12(16)5-9-3-4-10(14)6-11(9)15/h3-4,6,12H,5,16H2,1-2H3. The maximum absolute atomic E-state index is 13.5. The second kappa shape index (κ2) is 5.12. The number of benzene rings is 1. The van der Waals surface area contributed by atoms with Crippen LogP contribution in [-0.2, 0) is 6.42 Å². The third-order valence-corrected chi connectivity index (χ3v) is 3.94. The van der Waals surface area contributed by atoms with Crippen molar-refractivity contribution >= 4 is 11.3 Å². The minimum atomic E-state index is -0.574. The molecule has 18 heavy (non-hydrogen) atoms. The van der Waals surface area contributed by atoms with Crippen LogP contribution >= 0.6 is 11.3 Å². The summed E-state index contributed by atoms with van der Waals surface area (Å²) >= 11 is 1.52. The summed E-state index contributed by atoms with van der Waals surface area (Å²) in [5.74, 6) is -1.13. The van der Waals surface area contributed by atoms with Crippen LogP contribution in [-0.4, -0.2) is 4.98 Å². The summed E-state index contributed by atoms with van der Waals surface area (Å²) in [6, 6.07) is 3.26. The first kappa shape index (κ1) is 13.1. The van der Waals surface area contributed by atoms with Crippen molar-refractivity contribution in [2.24, 2.45) is 5.73 Å². The second-order valence-corrected chi connectivity index (χ2v) is 5.46. The summed E-state index contributed by atoms with van der Waals surface area (Å²) in [4.78, 5) is 5.25. The van der Waals surface area contributed by atoms with Crippen LogP contribution in [0.25, 0.3) is 0 Å². The minimum Gasteiger partial charge on any atom is -0.323 e. The number of thiazole rings is 1. The van der Waals surface area contributed by atoms with Gasteiger partial charge >= 0.3 is 0 Å². The molecule has 1 unspecified atom stereocenters. The van der Waals surface area contributed by atoms with E-state index in [2.05, 4.69) is 4.98 Å². The van der Waals surface area contributed by atoms with Crippen molar-refractivity contribution in [3.05, 3.63) is 51.0 Å². The van der Waals surface area contributed by atoms with E-state index in [1.165, 1.54) is 23.5 Å². The molecule has 0 saturated heterocycles. The Morgan fingerprint density at radius 2 is 2.06 bits per heavy atom. The molecule has 96 valence electrons. The Morgan fingerprint density at radius 1 is 1.33 bits per heavy atom. The van der Waals surface area contributed by atoms with Gasteiger partial charge in [0.2, 0.25) is 0 Å². The molecule has 2 nitrogen and oxygen atoms in total. The van der Waals surface area contributed by atoms with Gasteiger partial charge in [0, 0.05) is 17.0 Å². The minimum absolute atomic E-state index is 0.309. The van der Waals surface area contributed by atoms with Gasteiger partial charge in [0.15, 0.2) is 0 Å². The lowest BCUT2D eigenvalue weighted by molar-refractivity contribution is 0.563. The Labute approximate surface area is 108 Å². The first-order valence-electron chi connectivity index (χ1n) is 5.61. The Hall–Kier alpha value is -1.33. The fraction of sp³-hybridized carbons (Fsp3) is 0.308. The van der Waals surface area contributed by atoms with E-state index in [9.17, 15) is 8.78 Å². The van der Waals surface area contributed by atoms with Gasteiger partial charge in [-0.25, -0.2) is 13.8 Å². The van der Waals surface area contributed by atoms with Gasteiger partial charge in [0.1, 0.15) is 11.6 Å². The maximum Gasteiger partial charge on any atom is 0.129 e. The lowest BCUT2D eigenvalue weighted by Gasteiger charge is -2.11. The van der Waals surface area contributed by atoms with E-state index in [4.69, 9.17) is 5.73 Å². The van der Waals surface area contributed by atoms with Gasteiger partial charge in [-0.3, -0.25) is 0 Å². The highest BCUT2D eigenvalue weighted by atomic mass is 32.1. The molecule has 1 atom stereocenters. The molecule has 1 aromatic heterocycles. The van der Waals surface area contributed by atoms with E-state index in [-0.39, 0.29) is 6.04 Å². The molecule has 0 spiro atoms. The van der Waals surface area contributed by atoms with Gasteiger partial charge in [-0.2, -0.15) is 0 Å². The van der Waals surface area contributed by atoms with Crippen LogP contribution in [0.3, 0.4) is 0 Å². The SMILES string of the molecule is Cc1nc(C)c(C(N)Cc2ccc(F)cc2F)s1. The Bertz CT molecular complexity index is 566. The number of aryl methyl sites for hydroxylation is 2. The molecule has 5 heteroatoms. The smallest absolute Gasteiger partial charge is 0.129 e. The van der Waals surface area contributed by atoms with Crippen molar-refractivity contribution in [1.29, 1.82) is 0 Å². The summed E-state index contributed by atoms with van der Waals surface area (Å²) in [7, 11) is 0. The second-order valence-electron chi connectivity index (χ2n) is 4.23. The third-order valence-electron chi connectivity index (χ3n) is 2.73. The third kappa shape index (κ3) is 2.73. The molecule has 1 heterocycles. The zero-order chi connectivity index (χ0) is 13.3. The van der Waals surface area contributed by atoms with Crippen LogP contribution in [0.4, 0.5) is 8.78 Å². The van der Waals surface area contributed by atoms with Gasteiger partial charge in [0.25, 0.3) is 0 Å². The summed E-state index contributed by atoms with van der Waals surface area (Å²) in [6.07, 6.45) is 0.342. The lowest BCUT2D eigenvalue weighted by Crippen LogP contribution is -2.14. The molecule has 1 aromatic carbocycles. The molecule has 0 aliphatic carbocycles. The highest BCUT2D eigenvalue weighted by molar-refractivity contribution is 7.11. The summed E-state index contributed by atoms with van der Waals surface area (Å²) in [5, 5.41) is 0.942. The van der Waals surface area contributed by atoms with Crippen molar-refractivity contribution in [3.8, 4) is 0 Å². The topological polar surface area (TPSA) is 38.9 Å². The Kier molecular flexibility index (Phi) is 3.73. The zero-order valence-corrected chi connectivity index (χ0v) is 11.0. The number of halogens is 2. The van der Waals surface area contributed by atoms with E-state index >= 15 is 0 Å². The zero-order valence-electron chi connectivity index (χ0n) is 10.2. The first-order chi connectivity index (χ1) is 8.47. The van der Waals surface area contributed by atoms with Gasteiger partial charge in [0.05, 0.1) is 10.7 Å². The number of rotatable bonds is 3. The lowest BCUT2D eigenvalue weighted by atomic mass is 10.0. The van der Waals surface area contributed by atoms with Gasteiger partial charge in [-0.1, -0.05) is 6.07 Å². The highest BCUT2D eigenvalue weighted by Gasteiger charge is 2.16. The van der Waals surface area contributed by atoms with E-state index < -0.39 is 11.6 Å². The number of hydrogen-bond donors (Lipinski definition) is 1. The van der Waals surface area contributed by atoms with Crippen LogP contribution in [0.5, 0.6) is 0 Å². The maximum atomic E-state index is 13.5. The molecule has 0 saturated carbocycles. The van der Waals surface area contributed by atoms with E-state index in [1.807, 2.05) is 13.8 Å². The molecule has 2 aromatic rings. The fourth-order valence-electron chi connectivity index (χ4n) is 1.91. The molecule has 0 aliphatic heterocycles. The number of nitrogens with two attached hydrogens (primary N) is 1. The fourth-order valence-corrected chi connectivity index (χ4v) is 2.84. The van der Waals surface area contributed by atoms with Crippen molar-refractivity contribution in [1.82, 2.24) is 4.98 Å². The van der Waals surface area contributed by atoms with Crippen LogP contribution < -0.4 is 5.73 Å². The normalized spacial score (nSPS) is 12.7. The molecule has 0 bridgehead atoms. The quantitative estimate of drug-likeness (QED) is 0.927. The Balaban J connectivity index is 2.21. The van der Waals surface area contributed by atoms with Gasteiger partial charge < -0.3 is 5.73 Å². The van der Waals surface area contributed by atoms with Crippen LogP contribution in [0.15, 0.2) is 18.2 Å². The first-order valence-corrected chi connectivity index (χ1v) is 6.42. The predicted octanol–water partition coefficient (Wildman–Crippen LogP) is 3.28. The van der Waals surface area contributed by atoms with Crippen molar-refractivity contribution in [2.45, 2.75) is 26.3 Å². The van der Waals surface area contributed by atoms with Crippen LogP contribution in [0.1, 0.15) is 27.2 Å². The molecule has 0 aliphatic rings. The molecule has 0 radical (unpaired) electrons. The molecule has 0 amide bonds. The van der Waals surface area contributed by atoms with E-state index in [1.54, 1.807) is 0 Å². The summed E-state index contributed by atoms with van der Waals surface area (Å²) in [6.45, 7) is 3.80. The summed E-state index contributed by atoms with van der Waals surface area (Å²) < 4.78 is 26.3. The van der Waals surface area contributed by atoms with E-state index in [0.717, 1.165) is 21.6 Å². The number of nitrogens with zero attached hydrogens (tertiary/aromatic N) is 1. The highest BCUT2D eigenvalue weighted by Crippen LogP contribution is 2.26. The van der Waals surface area contributed by atoms with Crippen LogP contribution in [0.2, 0.25) is 0 Å². The molecule has 0 fully saturated rings. The molecular weight excluding hydrogens is 254 g/mol. The molecule has 2 rings (SSSR count). The Morgan fingerprint density at radius 3 is 2.61 bits per heavy atom. The van der Waals surface area contributed by atoms with Crippen molar-refractivity contribution in [2.75, 3.05) is 0 Å². The number of aromatic nitrogens is 1. The average molecular weight is 268 g/mol. The van der Waals surface area contributed by atoms with Gasteiger partial charge in [-0.05, 0) is 31.9 Å².